The maximum atomic E-state index is 12.0. The van der Waals surface area contributed by atoms with Crippen LogP contribution in [-0.2, 0) is 6.61 Å². The molecule has 0 aliphatic rings. The number of nitrogens with one attached hydrogen (secondary N) is 1. The zero-order valence-electron chi connectivity index (χ0n) is 12.0. The number of amides is 1. The Kier molecular flexibility index (Phi) is 4.45. The zero-order valence-corrected chi connectivity index (χ0v) is 12.0. The van der Waals surface area contributed by atoms with Gasteiger partial charge in [0, 0.05) is 6.04 Å². The second kappa shape index (κ2) is 6.28. The van der Waals surface area contributed by atoms with E-state index in [9.17, 15) is 4.79 Å². The SMILES string of the molecule is Cc1ccc(OCc2occc2C(=O)NC(C)C)cc1. The number of rotatable bonds is 5. The van der Waals surface area contributed by atoms with Crippen LogP contribution >= 0.6 is 0 Å². The molecule has 20 heavy (non-hydrogen) atoms. The van der Waals surface area contributed by atoms with Crippen molar-refractivity contribution in [2.24, 2.45) is 0 Å². The first-order valence-corrected chi connectivity index (χ1v) is 6.63. The summed E-state index contributed by atoms with van der Waals surface area (Å²) < 4.78 is 11.0. The van der Waals surface area contributed by atoms with Gasteiger partial charge in [0.05, 0.1) is 11.8 Å². The maximum absolute atomic E-state index is 12.0. The molecule has 0 unspecified atom stereocenters. The standard InChI is InChI=1S/C16H19NO3/c1-11(2)17-16(18)14-8-9-19-15(14)10-20-13-6-4-12(3)5-7-13/h4-9,11H,10H2,1-3H3,(H,17,18). The summed E-state index contributed by atoms with van der Waals surface area (Å²) in [5.41, 5.74) is 1.69. The molecular weight excluding hydrogens is 254 g/mol. The van der Waals surface area contributed by atoms with Gasteiger partial charge in [0.2, 0.25) is 0 Å². The van der Waals surface area contributed by atoms with Crippen molar-refractivity contribution in [3.05, 3.63) is 53.5 Å². The molecule has 0 fully saturated rings. The van der Waals surface area contributed by atoms with E-state index in [1.54, 1.807) is 6.07 Å². The summed E-state index contributed by atoms with van der Waals surface area (Å²) in [6, 6.07) is 9.49. The molecule has 0 saturated carbocycles. The molecule has 1 N–H and O–H groups in total. The summed E-state index contributed by atoms with van der Waals surface area (Å²) in [6.45, 7) is 6.09. The molecule has 4 nitrogen and oxygen atoms in total. The molecule has 1 amide bonds. The molecule has 0 spiro atoms. The molecule has 2 rings (SSSR count). The molecule has 1 aromatic carbocycles. The third-order valence-electron chi connectivity index (χ3n) is 2.80. The van der Waals surface area contributed by atoms with E-state index in [1.807, 2.05) is 45.0 Å². The van der Waals surface area contributed by atoms with Crippen LogP contribution < -0.4 is 10.1 Å². The average Bonchev–Trinajstić information content (AvgIpc) is 2.86. The fourth-order valence-corrected chi connectivity index (χ4v) is 1.78. The first-order chi connectivity index (χ1) is 9.56. The molecule has 1 aromatic heterocycles. The fourth-order valence-electron chi connectivity index (χ4n) is 1.78. The Morgan fingerprint density at radius 2 is 1.95 bits per heavy atom. The predicted octanol–water partition coefficient (Wildman–Crippen LogP) is 3.31. The lowest BCUT2D eigenvalue weighted by molar-refractivity contribution is 0.0938. The smallest absolute Gasteiger partial charge is 0.255 e. The Labute approximate surface area is 118 Å². The quantitative estimate of drug-likeness (QED) is 0.909. The Balaban J connectivity index is 2.01. The molecule has 4 heteroatoms. The van der Waals surface area contributed by atoms with Gasteiger partial charge in [0.1, 0.15) is 12.4 Å². The van der Waals surface area contributed by atoms with Crippen LogP contribution in [0.1, 0.15) is 35.5 Å². The van der Waals surface area contributed by atoms with Gasteiger partial charge >= 0.3 is 0 Å². The highest BCUT2D eigenvalue weighted by atomic mass is 16.5. The molecule has 0 saturated heterocycles. The molecule has 0 bridgehead atoms. The molecule has 1 heterocycles. The van der Waals surface area contributed by atoms with Crippen molar-refractivity contribution < 1.29 is 13.9 Å². The van der Waals surface area contributed by atoms with Crippen molar-refractivity contribution in [1.29, 1.82) is 0 Å². The van der Waals surface area contributed by atoms with Gasteiger partial charge in [-0.05, 0) is 39.0 Å². The van der Waals surface area contributed by atoms with Crippen molar-refractivity contribution in [3.63, 3.8) is 0 Å². The highest BCUT2D eigenvalue weighted by molar-refractivity contribution is 5.95. The van der Waals surface area contributed by atoms with Crippen LogP contribution in [0.2, 0.25) is 0 Å². The topological polar surface area (TPSA) is 51.5 Å². The summed E-state index contributed by atoms with van der Waals surface area (Å²) in [5.74, 6) is 1.14. The van der Waals surface area contributed by atoms with Crippen LogP contribution in [0.15, 0.2) is 41.0 Å². The zero-order chi connectivity index (χ0) is 14.5. The van der Waals surface area contributed by atoms with Gasteiger partial charge in [-0.1, -0.05) is 17.7 Å². The van der Waals surface area contributed by atoms with Crippen LogP contribution in [0.25, 0.3) is 0 Å². The van der Waals surface area contributed by atoms with Crippen LogP contribution in [0, 0.1) is 6.92 Å². The van der Waals surface area contributed by atoms with Crippen molar-refractivity contribution in [2.75, 3.05) is 0 Å². The molecule has 0 radical (unpaired) electrons. The molecule has 106 valence electrons. The van der Waals surface area contributed by atoms with Crippen LogP contribution in [0.4, 0.5) is 0 Å². The number of carbonyl (C=O) groups is 1. The van der Waals surface area contributed by atoms with E-state index in [1.165, 1.54) is 11.8 Å². The highest BCUT2D eigenvalue weighted by Crippen LogP contribution is 2.16. The number of benzene rings is 1. The van der Waals surface area contributed by atoms with Gasteiger partial charge in [-0.3, -0.25) is 4.79 Å². The number of furan rings is 1. The lowest BCUT2D eigenvalue weighted by atomic mass is 10.2. The predicted molar refractivity (Wildman–Crippen MR) is 76.8 cm³/mol. The van der Waals surface area contributed by atoms with Gasteiger partial charge in [0.15, 0.2) is 5.76 Å². The van der Waals surface area contributed by atoms with Gasteiger partial charge in [-0.25, -0.2) is 0 Å². The van der Waals surface area contributed by atoms with Crippen molar-refractivity contribution in [2.45, 2.75) is 33.4 Å². The average molecular weight is 273 g/mol. The molecule has 0 aliphatic heterocycles. The number of hydrogen-bond donors (Lipinski definition) is 1. The van der Waals surface area contributed by atoms with E-state index in [0.29, 0.717) is 11.3 Å². The van der Waals surface area contributed by atoms with Gasteiger partial charge in [0.25, 0.3) is 5.91 Å². The lowest BCUT2D eigenvalue weighted by Gasteiger charge is -2.09. The second-order valence-electron chi connectivity index (χ2n) is 4.99. The third kappa shape index (κ3) is 3.63. The number of aryl methyl sites for hydroxylation is 1. The molecule has 0 aliphatic carbocycles. The fraction of sp³-hybridized carbons (Fsp3) is 0.312. The minimum Gasteiger partial charge on any atom is -0.486 e. The minimum atomic E-state index is -0.142. The highest BCUT2D eigenvalue weighted by Gasteiger charge is 2.15. The van der Waals surface area contributed by atoms with Crippen molar-refractivity contribution in [1.82, 2.24) is 5.32 Å². The number of carbonyl (C=O) groups excluding carboxylic acids is 1. The lowest BCUT2D eigenvalue weighted by Crippen LogP contribution is -2.30. The van der Waals surface area contributed by atoms with E-state index in [2.05, 4.69) is 5.32 Å². The normalized spacial score (nSPS) is 10.6. The van der Waals surface area contributed by atoms with E-state index in [-0.39, 0.29) is 18.6 Å². The Hall–Kier alpha value is -2.23. The largest absolute Gasteiger partial charge is 0.486 e. The summed E-state index contributed by atoms with van der Waals surface area (Å²) in [4.78, 5) is 12.0. The summed E-state index contributed by atoms with van der Waals surface area (Å²) >= 11 is 0. The monoisotopic (exact) mass is 273 g/mol. The minimum absolute atomic E-state index is 0.0864. The van der Waals surface area contributed by atoms with Gasteiger partial charge in [-0.2, -0.15) is 0 Å². The van der Waals surface area contributed by atoms with Crippen LogP contribution in [-0.4, -0.2) is 11.9 Å². The first-order valence-electron chi connectivity index (χ1n) is 6.63. The molecular formula is C16H19NO3. The first kappa shape index (κ1) is 14.2. The Morgan fingerprint density at radius 1 is 1.25 bits per heavy atom. The van der Waals surface area contributed by atoms with E-state index < -0.39 is 0 Å². The van der Waals surface area contributed by atoms with E-state index in [0.717, 1.165) is 5.75 Å². The Bertz CT molecular complexity index is 570. The third-order valence-corrected chi connectivity index (χ3v) is 2.80. The second-order valence-corrected chi connectivity index (χ2v) is 4.99. The summed E-state index contributed by atoms with van der Waals surface area (Å²) in [5, 5.41) is 2.84. The van der Waals surface area contributed by atoms with Crippen molar-refractivity contribution in [3.8, 4) is 5.75 Å². The summed E-state index contributed by atoms with van der Waals surface area (Å²) in [6.07, 6.45) is 1.50. The van der Waals surface area contributed by atoms with Crippen LogP contribution in [0.5, 0.6) is 5.75 Å². The van der Waals surface area contributed by atoms with E-state index in [4.69, 9.17) is 9.15 Å². The molecule has 0 atom stereocenters. The Morgan fingerprint density at radius 3 is 2.60 bits per heavy atom. The van der Waals surface area contributed by atoms with Crippen LogP contribution in [0.3, 0.4) is 0 Å². The van der Waals surface area contributed by atoms with Crippen molar-refractivity contribution >= 4 is 5.91 Å². The van der Waals surface area contributed by atoms with Gasteiger partial charge in [-0.15, -0.1) is 0 Å². The molecule has 2 aromatic rings. The summed E-state index contributed by atoms with van der Waals surface area (Å²) in [7, 11) is 0. The maximum Gasteiger partial charge on any atom is 0.255 e. The van der Waals surface area contributed by atoms with E-state index >= 15 is 0 Å². The number of ether oxygens (including phenoxy) is 1. The number of hydrogen-bond acceptors (Lipinski definition) is 3. The van der Waals surface area contributed by atoms with Gasteiger partial charge < -0.3 is 14.5 Å².